The minimum absolute atomic E-state index is 0.625. The third-order valence-electron chi connectivity index (χ3n) is 18.5. The first-order valence-corrected chi connectivity index (χ1v) is 32.4. The van der Waals surface area contributed by atoms with E-state index < -0.39 is 322 Å². The fourth-order valence-corrected chi connectivity index (χ4v) is 13.2. The molecule has 8 aliphatic rings. The van der Waals surface area contributed by atoms with E-state index in [2.05, 4.69) is 21.3 Å². The van der Waals surface area contributed by atoms with E-state index in [0.717, 1.165) is 27.7 Å². The number of rotatable bonds is 26. The van der Waals surface area contributed by atoms with E-state index in [-0.39, 0.29) is 0 Å². The highest BCUT2D eigenvalue weighted by Crippen LogP contribution is 2.39. The lowest BCUT2D eigenvalue weighted by Crippen LogP contribution is -2.71. The maximum Gasteiger partial charge on any atom is 0.217 e. The highest BCUT2D eigenvalue weighted by Gasteiger charge is 2.60. The maximum atomic E-state index is 12.9. The Morgan fingerprint density at radius 1 is 0.267 bits per heavy atom. The zero-order chi connectivity index (χ0) is 74.5. The average molecular weight is 1480 g/mol. The Morgan fingerprint density at radius 2 is 0.525 bits per heavy atom. The molecule has 17 unspecified atom stereocenters. The molecule has 0 aromatic rings. The molecule has 25 N–H and O–H groups in total. The van der Waals surface area contributed by atoms with Crippen molar-refractivity contribution in [3.05, 3.63) is 0 Å². The first-order valence-electron chi connectivity index (χ1n) is 32.4. The van der Waals surface area contributed by atoms with E-state index in [1.165, 1.54) is 6.92 Å². The standard InChI is InChI=1S/C57H96N4O40/c1-14-27(58-15(2)69)48(99-55-42(84)40(82)32(74)20(7-63)90-55)35(77)26(88-14)13-87-51-28(59-16(3)70)36(78)45(23(10-66)93-51)97-56-43(85)49(33(75)21(8-64)91-56)101-53-30(61-18(5)72)38(80)47(25(12-68)95-53)98-57-44(86)50(34(76)22(9-65)92-57)100-52-29(60-17(4)71)37(79)46(24(11-67)94-52)96-54-41(83)39(81)31(73)19(6-62)89-54/h14,19-57,62-68,73-86H,6-13H2,1-5H3,(H,58,69)(H,59,70)(H,60,71)(H,61,72)/t14?,19?,20?,21?,22?,23?,24?,25?,26?,27?,28?,29?,30?,31-,32-,33-,34-,35-,36+,37+,38+,39-,40-,41?,42?,43?,44?,45+,46+,47+,48+,49-,50-,51+,52-,53-,54-,55-,56-,57-/m0/s1. The highest BCUT2D eigenvalue weighted by atomic mass is 16.8. The number of aliphatic hydroxyl groups is 21. The van der Waals surface area contributed by atoms with E-state index in [4.69, 9.17) is 71.1 Å². The molecule has 0 aromatic carbocycles. The molecule has 101 heavy (non-hydrogen) atoms. The Bertz CT molecular complexity index is 2640. The normalized spacial score (nSPS) is 48.3. The van der Waals surface area contributed by atoms with Crippen LogP contribution in [-0.2, 0) is 90.2 Å². The topological polar surface area (TPSA) is 680 Å². The minimum Gasteiger partial charge on any atom is -0.394 e. The van der Waals surface area contributed by atoms with Gasteiger partial charge in [0.05, 0.1) is 65.0 Å². The summed E-state index contributed by atoms with van der Waals surface area (Å²) in [7, 11) is 0. The van der Waals surface area contributed by atoms with Crippen LogP contribution in [0.5, 0.6) is 0 Å². The third-order valence-corrected chi connectivity index (χ3v) is 18.5. The van der Waals surface area contributed by atoms with Crippen molar-refractivity contribution < 1.29 is 197 Å². The van der Waals surface area contributed by atoms with Gasteiger partial charge in [-0.05, 0) is 6.92 Å². The van der Waals surface area contributed by atoms with Crippen LogP contribution >= 0.6 is 0 Å². The van der Waals surface area contributed by atoms with Crippen LogP contribution in [0.1, 0.15) is 34.6 Å². The second kappa shape index (κ2) is 36.4. The van der Waals surface area contributed by atoms with Crippen molar-refractivity contribution in [3.63, 3.8) is 0 Å². The van der Waals surface area contributed by atoms with Crippen molar-refractivity contribution >= 4 is 23.6 Å². The van der Waals surface area contributed by atoms with Crippen LogP contribution in [0.2, 0.25) is 0 Å². The summed E-state index contributed by atoms with van der Waals surface area (Å²) in [5.41, 5.74) is 0. The van der Waals surface area contributed by atoms with Gasteiger partial charge in [-0.2, -0.15) is 0 Å². The SMILES string of the molecule is CC(=O)NC1[C@H](O[C@@H]2C(O)[C@H](O[C@@H]3C(CO)O[C@@H](O[C@@H]4C(O)[C@H](O[C@@H]5C(CO)O[C@@H](OCC6OC(C)C(NC(C)=O)[C@@H](O[C@@H]7OC(CO)[C@H](O)[C@H](O)C7O)[C@H]6O)C(NC(C)=O)[C@H]5O)OC(CO)[C@@H]4O)C(NC(C)=O)[C@H]3O)OC(CO)[C@@H]2O)OC(CO)[C@@H](O[C@@H]2OC(CO)[C@H](O)[C@H](O)C2O)[C@@H]1O. The van der Waals surface area contributed by atoms with Gasteiger partial charge in [0.25, 0.3) is 0 Å². The fraction of sp³-hybridized carbons (Fsp3) is 0.930. The molecule has 8 saturated heterocycles. The van der Waals surface area contributed by atoms with Crippen LogP contribution in [0.25, 0.3) is 0 Å². The van der Waals surface area contributed by atoms with Crippen LogP contribution in [0.4, 0.5) is 0 Å². The smallest absolute Gasteiger partial charge is 0.217 e. The number of carbonyl (C=O) groups is 4. The van der Waals surface area contributed by atoms with Crippen molar-refractivity contribution in [3.8, 4) is 0 Å². The molecular formula is C57H96N4O40. The van der Waals surface area contributed by atoms with Crippen LogP contribution in [0, 0.1) is 0 Å². The molecule has 0 aromatic heterocycles. The largest absolute Gasteiger partial charge is 0.394 e. The Kier molecular flexibility index (Phi) is 29.9. The molecule has 0 bridgehead atoms. The summed E-state index contributed by atoms with van der Waals surface area (Å²) in [6, 6.07) is -6.56. The highest BCUT2D eigenvalue weighted by molar-refractivity contribution is 5.74. The lowest BCUT2D eigenvalue weighted by molar-refractivity contribution is -0.386. The van der Waals surface area contributed by atoms with Crippen LogP contribution in [-0.4, -0.2) is 429 Å². The second-order valence-electron chi connectivity index (χ2n) is 25.7. The molecule has 4 amide bonds. The average Bonchev–Trinajstić information content (AvgIpc) is 0.775. The summed E-state index contributed by atoms with van der Waals surface area (Å²) in [5.74, 6) is -3.22. The van der Waals surface area contributed by atoms with Gasteiger partial charge in [-0.1, -0.05) is 0 Å². The van der Waals surface area contributed by atoms with Gasteiger partial charge in [-0.3, -0.25) is 19.2 Å². The molecule has 8 rings (SSSR count). The van der Waals surface area contributed by atoms with E-state index in [0.29, 0.717) is 0 Å². The quantitative estimate of drug-likeness (QED) is 0.0382. The van der Waals surface area contributed by atoms with Crippen LogP contribution in [0.3, 0.4) is 0 Å². The molecule has 0 aliphatic carbocycles. The van der Waals surface area contributed by atoms with Crippen molar-refractivity contribution in [1.82, 2.24) is 21.3 Å². The van der Waals surface area contributed by atoms with E-state index in [9.17, 15) is 126 Å². The first-order chi connectivity index (χ1) is 47.8. The van der Waals surface area contributed by atoms with Crippen molar-refractivity contribution in [1.29, 1.82) is 0 Å². The second-order valence-corrected chi connectivity index (χ2v) is 25.7. The van der Waals surface area contributed by atoms with Crippen molar-refractivity contribution in [2.24, 2.45) is 0 Å². The number of nitrogens with one attached hydrogen (secondary N) is 4. The molecule has 0 saturated carbocycles. The fourth-order valence-electron chi connectivity index (χ4n) is 13.2. The zero-order valence-electron chi connectivity index (χ0n) is 54.9. The summed E-state index contributed by atoms with van der Waals surface area (Å²) < 4.78 is 87.9. The summed E-state index contributed by atoms with van der Waals surface area (Å²) >= 11 is 0. The van der Waals surface area contributed by atoms with E-state index in [1.54, 1.807) is 0 Å². The molecular weight excluding hydrogens is 1380 g/mol. The predicted octanol–water partition coefficient (Wildman–Crippen LogP) is -16.8. The third kappa shape index (κ3) is 18.5. The molecule has 8 heterocycles. The summed E-state index contributed by atoms with van der Waals surface area (Å²) in [4.78, 5) is 50.6. The Hall–Kier alpha value is -3.56. The van der Waals surface area contributed by atoms with E-state index in [1.807, 2.05) is 0 Å². The number of amides is 4. The van der Waals surface area contributed by atoms with Crippen molar-refractivity contribution in [2.75, 3.05) is 52.9 Å². The summed E-state index contributed by atoms with van der Waals surface area (Å²) in [6.07, 6.45) is -67.7. The molecule has 44 heteroatoms. The monoisotopic (exact) mass is 1480 g/mol. The van der Waals surface area contributed by atoms with Gasteiger partial charge in [-0.15, -0.1) is 0 Å². The summed E-state index contributed by atoms with van der Waals surface area (Å²) in [6.45, 7) is -2.18. The molecule has 0 radical (unpaired) electrons. The van der Waals surface area contributed by atoms with Gasteiger partial charge >= 0.3 is 0 Å². The summed E-state index contributed by atoms with van der Waals surface area (Å²) in [5, 5.41) is 240. The van der Waals surface area contributed by atoms with Crippen molar-refractivity contribution in [2.45, 2.75) is 280 Å². The first kappa shape index (κ1) is 83.1. The Labute approximate surface area is 573 Å². The van der Waals surface area contributed by atoms with Gasteiger partial charge < -0.3 is 200 Å². The van der Waals surface area contributed by atoms with Gasteiger partial charge in [0.2, 0.25) is 23.6 Å². The molecule has 44 nitrogen and oxygen atoms in total. The van der Waals surface area contributed by atoms with Crippen LogP contribution < -0.4 is 21.3 Å². The Morgan fingerprint density at radius 3 is 0.851 bits per heavy atom. The van der Waals surface area contributed by atoms with Gasteiger partial charge in [0.1, 0.15) is 189 Å². The molecule has 0 spiro atoms. The van der Waals surface area contributed by atoms with E-state index >= 15 is 0 Å². The lowest BCUT2D eigenvalue weighted by Gasteiger charge is -2.51. The Balaban J connectivity index is 0.964. The number of carbonyl (C=O) groups excluding carboxylic acids is 4. The predicted molar refractivity (Wildman–Crippen MR) is 314 cm³/mol. The number of hydrogen-bond acceptors (Lipinski definition) is 40. The number of ether oxygens (including phenoxy) is 15. The minimum atomic E-state index is -2.28. The molecule has 8 fully saturated rings. The maximum absolute atomic E-state index is 12.9. The molecule has 40 atom stereocenters. The molecule has 584 valence electrons. The van der Waals surface area contributed by atoms with Crippen LogP contribution in [0.15, 0.2) is 0 Å². The zero-order valence-corrected chi connectivity index (χ0v) is 54.9. The molecule has 8 aliphatic heterocycles. The number of hydrogen-bond donors (Lipinski definition) is 25. The van der Waals surface area contributed by atoms with Gasteiger partial charge in [0, 0.05) is 27.7 Å². The lowest BCUT2D eigenvalue weighted by atomic mass is 9.92. The number of aliphatic hydroxyl groups excluding tert-OH is 21. The van der Waals surface area contributed by atoms with Gasteiger partial charge in [0.15, 0.2) is 44.0 Å². The van der Waals surface area contributed by atoms with Gasteiger partial charge in [-0.25, -0.2) is 0 Å².